The first-order valence-corrected chi connectivity index (χ1v) is 9.13. The van der Waals surface area contributed by atoms with Crippen molar-refractivity contribution < 1.29 is 9.69 Å². The molecule has 23 heavy (non-hydrogen) atoms. The van der Waals surface area contributed by atoms with Gasteiger partial charge in [-0.25, -0.2) is 0 Å². The number of thiophene rings is 1. The predicted molar refractivity (Wildman–Crippen MR) is 98.2 cm³/mol. The fourth-order valence-electron chi connectivity index (χ4n) is 3.21. The van der Waals surface area contributed by atoms with E-state index in [9.17, 15) is 4.79 Å². The van der Waals surface area contributed by atoms with Crippen molar-refractivity contribution in [2.45, 2.75) is 6.54 Å². The van der Waals surface area contributed by atoms with Gasteiger partial charge in [-0.15, -0.1) is 11.3 Å². The lowest BCUT2D eigenvalue weighted by molar-refractivity contribution is -0.892. The normalized spacial score (nSPS) is 14.7. The maximum Gasteiger partial charge on any atom is 0.263 e. The van der Waals surface area contributed by atoms with Crippen LogP contribution in [0.4, 0.5) is 5.69 Å². The third kappa shape index (κ3) is 2.59. The van der Waals surface area contributed by atoms with Gasteiger partial charge in [0.1, 0.15) is 6.54 Å². The van der Waals surface area contributed by atoms with E-state index in [0.29, 0.717) is 6.67 Å². The van der Waals surface area contributed by atoms with Crippen LogP contribution in [0, 0.1) is 0 Å². The summed E-state index contributed by atoms with van der Waals surface area (Å²) >= 11 is 5.25. The highest BCUT2D eigenvalue weighted by atomic mass is 79.9. The number of rotatable bonds is 4. The molecule has 1 atom stereocenters. The number of quaternary nitrogens is 1. The van der Waals surface area contributed by atoms with E-state index in [0.717, 1.165) is 32.4 Å². The molecule has 0 radical (unpaired) electrons. The molecule has 0 aliphatic carbocycles. The molecule has 3 nitrogen and oxygen atoms in total. The molecule has 3 aromatic rings. The number of halogens is 1. The molecule has 1 N–H and O–H groups in total. The lowest BCUT2D eigenvalue weighted by Gasteiger charge is -2.22. The average molecular weight is 388 g/mol. The van der Waals surface area contributed by atoms with Gasteiger partial charge in [0.05, 0.1) is 27.0 Å². The quantitative estimate of drug-likeness (QED) is 0.729. The summed E-state index contributed by atoms with van der Waals surface area (Å²) in [5, 5.41) is 2.22. The van der Waals surface area contributed by atoms with Gasteiger partial charge in [0.15, 0.2) is 6.67 Å². The van der Waals surface area contributed by atoms with E-state index in [1.54, 1.807) is 11.3 Å². The standard InChI is InChI=1S/C18H15BrN2OS/c1-20(10-13-8-9-16(19)23-13)11-21-15-7-3-5-12-4-2-6-14(17(12)15)18(21)22/h2-9H,10-11H2,1H3/p+1. The number of hydrogen-bond acceptors (Lipinski definition) is 2. The maximum atomic E-state index is 12.8. The molecule has 2 heterocycles. The number of nitrogens with one attached hydrogen (secondary N) is 1. The highest BCUT2D eigenvalue weighted by Crippen LogP contribution is 2.36. The zero-order chi connectivity index (χ0) is 16.0. The molecule has 1 amide bonds. The van der Waals surface area contributed by atoms with Crippen molar-refractivity contribution in [3.05, 3.63) is 62.8 Å². The van der Waals surface area contributed by atoms with Crippen LogP contribution in [0.25, 0.3) is 10.8 Å². The lowest BCUT2D eigenvalue weighted by atomic mass is 10.1. The van der Waals surface area contributed by atoms with E-state index in [-0.39, 0.29) is 5.91 Å². The minimum atomic E-state index is 0.114. The van der Waals surface area contributed by atoms with Gasteiger partial charge in [0.2, 0.25) is 0 Å². The fourth-order valence-corrected chi connectivity index (χ4v) is 4.80. The molecular formula is C18H16BrN2OS+. The number of anilines is 1. The van der Waals surface area contributed by atoms with E-state index < -0.39 is 0 Å². The summed E-state index contributed by atoms with van der Waals surface area (Å²) in [7, 11) is 2.13. The third-order valence-corrected chi connectivity index (χ3v) is 5.81. The van der Waals surface area contributed by atoms with Gasteiger partial charge in [0, 0.05) is 5.39 Å². The van der Waals surface area contributed by atoms with Gasteiger partial charge < -0.3 is 4.90 Å². The first kappa shape index (κ1) is 14.9. The molecule has 5 heteroatoms. The molecule has 1 aliphatic rings. The lowest BCUT2D eigenvalue weighted by Crippen LogP contribution is -3.09. The topological polar surface area (TPSA) is 24.8 Å². The Hall–Kier alpha value is -1.69. The highest BCUT2D eigenvalue weighted by molar-refractivity contribution is 9.11. The molecule has 116 valence electrons. The van der Waals surface area contributed by atoms with Crippen molar-refractivity contribution in [3.8, 4) is 0 Å². The van der Waals surface area contributed by atoms with Gasteiger partial charge in [-0.1, -0.05) is 24.3 Å². The Balaban J connectivity index is 1.61. The maximum absolute atomic E-state index is 12.8. The smallest absolute Gasteiger partial charge is 0.263 e. The van der Waals surface area contributed by atoms with Crippen molar-refractivity contribution in [2.24, 2.45) is 0 Å². The Kier molecular flexibility index (Phi) is 3.71. The van der Waals surface area contributed by atoms with Crippen LogP contribution >= 0.6 is 27.3 Å². The van der Waals surface area contributed by atoms with Crippen LogP contribution in [-0.4, -0.2) is 19.6 Å². The van der Waals surface area contributed by atoms with Gasteiger partial charge in [-0.05, 0) is 45.6 Å². The molecule has 0 saturated carbocycles. The minimum Gasteiger partial charge on any atom is -0.315 e. The number of carbonyl (C=O) groups is 1. The summed E-state index contributed by atoms with van der Waals surface area (Å²) in [6, 6.07) is 16.3. The SMILES string of the molecule is C[NH+](Cc1ccc(Br)s1)CN1C(=O)c2cccc3cccc1c23. The zero-order valence-electron chi connectivity index (χ0n) is 12.7. The number of carbonyl (C=O) groups excluding carboxylic acids is 1. The second kappa shape index (κ2) is 5.74. The predicted octanol–water partition coefficient (Wildman–Crippen LogP) is 3.30. The molecule has 1 unspecified atom stereocenters. The Morgan fingerprint density at radius 2 is 1.91 bits per heavy atom. The largest absolute Gasteiger partial charge is 0.315 e. The molecule has 1 aliphatic heterocycles. The van der Waals surface area contributed by atoms with Crippen molar-refractivity contribution >= 4 is 49.6 Å². The Morgan fingerprint density at radius 3 is 2.65 bits per heavy atom. The van der Waals surface area contributed by atoms with Gasteiger partial charge in [-0.2, -0.15) is 0 Å². The second-order valence-corrected chi connectivity index (χ2v) is 8.46. The Bertz CT molecular complexity index is 900. The number of hydrogen-bond donors (Lipinski definition) is 1. The molecular weight excluding hydrogens is 372 g/mol. The monoisotopic (exact) mass is 387 g/mol. The number of amides is 1. The van der Waals surface area contributed by atoms with Crippen molar-refractivity contribution in [1.29, 1.82) is 0 Å². The first-order chi connectivity index (χ1) is 11.1. The van der Waals surface area contributed by atoms with Gasteiger partial charge in [0.25, 0.3) is 5.91 Å². The van der Waals surface area contributed by atoms with E-state index in [1.165, 1.54) is 9.78 Å². The molecule has 2 aromatic carbocycles. The van der Waals surface area contributed by atoms with E-state index in [4.69, 9.17) is 0 Å². The molecule has 0 saturated heterocycles. The van der Waals surface area contributed by atoms with Gasteiger partial charge in [-0.3, -0.25) is 9.69 Å². The molecule has 0 spiro atoms. The molecule has 1 aromatic heterocycles. The van der Waals surface area contributed by atoms with E-state index in [2.05, 4.69) is 47.2 Å². The van der Waals surface area contributed by atoms with Crippen LogP contribution in [0.1, 0.15) is 15.2 Å². The van der Waals surface area contributed by atoms with Crippen LogP contribution in [0.3, 0.4) is 0 Å². The van der Waals surface area contributed by atoms with Crippen LogP contribution in [0.2, 0.25) is 0 Å². The van der Waals surface area contributed by atoms with Crippen molar-refractivity contribution in [1.82, 2.24) is 0 Å². The summed E-state index contributed by atoms with van der Waals surface area (Å²) < 4.78 is 1.15. The molecule has 0 fully saturated rings. The number of benzene rings is 2. The van der Waals surface area contributed by atoms with Crippen LogP contribution in [-0.2, 0) is 6.54 Å². The zero-order valence-corrected chi connectivity index (χ0v) is 15.1. The summed E-state index contributed by atoms with van der Waals surface area (Å²) in [6.07, 6.45) is 0. The summed E-state index contributed by atoms with van der Waals surface area (Å²) in [5.41, 5.74) is 1.86. The van der Waals surface area contributed by atoms with E-state index >= 15 is 0 Å². The fraction of sp³-hybridized carbons (Fsp3) is 0.167. The third-order valence-electron chi connectivity index (χ3n) is 4.18. The van der Waals surface area contributed by atoms with Crippen molar-refractivity contribution in [3.63, 3.8) is 0 Å². The first-order valence-electron chi connectivity index (χ1n) is 7.52. The molecule has 0 bridgehead atoms. The van der Waals surface area contributed by atoms with Crippen LogP contribution in [0.5, 0.6) is 0 Å². The van der Waals surface area contributed by atoms with Crippen LogP contribution < -0.4 is 9.80 Å². The number of nitrogens with zero attached hydrogens (tertiary/aromatic N) is 1. The summed E-state index contributed by atoms with van der Waals surface area (Å²) in [4.78, 5) is 17.3. The minimum absolute atomic E-state index is 0.114. The van der Waals surface area contributed by atoms with Gasteiger partial charge >= 0.3 is 0 Å². The summed E-state index contributed by atoms with van der Waals surface area (Å²) in [5.74, 6) is 0.114. The average Bonchev–Trinajstić information content (AvgIpc) is 3.06. The summed E-state index contributed by atoms with van der Waals surface area (Å²) in [6.45, 7) is 1.58. The van der Waals surface area contributed by atoms with Crippen molar-refractivity contribution in [2.75, 3.05) is 18.6 Å². The molecule has 4 rings (SSSR count). The van der Waals surface area contributed by atoms with E-state index in [1.807, 2.05) is 29.2 Å². The second-order valence-electron chi connectivity index (χ2n) is 5.91. The Labute approximate surface area is 147 Å². The van der Waals surface area contributed by atoms with Crippen LogP contribution in [0.15, 0.2) is 52.3 Å². The highest BCUT2D eigenvalue weighted by Gasteiger charge is 2.31. The Morgan fingerprint density at radius 1 is 1.13 bits per heavy atom.